The predicted octanol–water partition coefficient (Wildman–Crippen LogP) is 1.96. The number of aromatic nitrogens is 2. The molecule has 2 aromatic heterocycles. The molecule has 0 aromatic carbocycles. The van der Waals surface area contributed by atoms with Crippen molar-refractivity contribution in [3.8, 4) is 0 Å². The summed E-state index contributed by atoms with van der Waals surface area (Å²) in [4.78, 5) is 1.25. The fourth-order valence-corrected chi connectivity index (χ4v) is 2.39. The number of rotatable bonds is 2. The average molecular weight is 211 g/mol. The SMILES string of the molecule is Cc1sccc1C(N)c1cnsn1. The molecule has 0 aliphatic carbocycles. The molecule has 0 saturated carbocycles. The van der Waals surface area contributed by atoms with Gasteiger partial charge < -0.3 is 5.73 Å². The molecule has 3 nitrogen and oxygen atoms in total. The number of nitrogens with two attached hydrogens (primary N) is 1. The first-order chi connectivity index (χ1) is 6.29. The molecule has 1 atom stereocenters. The van der Waals surface area contributed by atoms with Gasteiger partial charge in [0.25, 0.3) is 0 Å². The van der Waals surface area contributed by atoms with Crippen molar-refractivity contribution in [3.05, 3.63) is 33.8 Å². The van der Waals surface area contributed by atoms with E-state index < -0.39 is 0 Å². The van der Waals surface area contributed by atoms with Crippen molar-refractivity contribution in [1.29, 1.82) is 0 Å². The van der Waals surface area contributed by atoms with E-state index in [1.807, 2.05) is 11.4 Å². The topological polar surface area (TPSA) is 51.8 Å². The van der Waals surface area contributed by atoms with Gasteiger partial charge in [-0.3, -0.25) is 0 Å². The number of hydrogen-bond acceptors (Lipinski definition) is 5. The van der Waals surface area contributed by atoms with E-state index in [-0.39, 0.29) is 6.04 Å². The van der Waals surface area contributed by atoms with Crippen molar-refractivity contribution >= 4 is 23.1 Å². The standard InChI is InChI=1S/C8H9N3S2/c1-5-6(2-3-12-5)8(9)7-4-10-13-11-7/h2-4,8H,9H2,1H3. The third-order valence-electron chi connectivity index (χ3n) is 1.93. The van der Waals surface area contributed by atoms with E-state index in [0.29, 0.717) is 0 Å². The van der Waals surface area contributed by atoms with Crippen LogP contribution < -0.4 is 5.73 Å². The fraction of sp³-hybridized carbons (Fsp3) is 0.250. The van der Waals surface area contributed by atoms with E-state index in [9.17, 15) is 0 Å². The smallest absolute Gasteiger partial charge is 0.0955 e. The molecule has 0 amide bonds. The zero-order chi connectivity index (χ0) is 9.26. The Morgan fingerprint density at radius 1 is 1.54 bits per heavy atom. The molecule has 0 fully saturated rings. The summed E-state index contributed by atoms with van der Waals surface area (Å²) in [7, 11) is 0. The largest absolute Gasteiger partial charge is 0.319 e. The highest BCUT2D eigenvalue weighted by molar-refractivity contribution is 7.10. The van der Waals surface area contributed by atoms with Gasteiger partial charge in [0.2, 0.25) is 0 Å². The van der Waals surface area contributed by atoms with Crippen LogP contribution in [0.5, 0.6) is 0 Å². The first kappa shape index (κ1) is 8.80. The van der Waals surface area contributed by atoms with Gasteiger partial charge in [-0.05, 0) is 23.9 Å². The first-order valence-corrected chi connectivity index (χ1v) is 5.47. The highest BCUT2D eigenvalue weighted by Gasteiger charge is 2.14. The van der Waals surface area contributed by atoms with Crippen LogP contribution in [0.3, 0.4) is 0 Å². The molecule has 2 heterocycles. The molecule has 2 rings (SSSR count). The normalized spacial score (nSPS) is 13.1. The van der Waals surface area contributed by atoms with Crippen molar-refractivity contribution in [3.63, 3.8) is 0 Å². The second-order valence-electron chi connectivity index (χ2n) is 2.74. The molecular weight excluding hydrogens is 202 g/mol. The molecule has 5 heteroatoms. The lowest BCUT2D eigenvalue weighted by Crippen LogP contribution is -2.12. The Hall–Kier alpha value is -0.780. The molecule has 68 valence electrons. The quantitative estimate of drug-likeness (QED) is 0.826. The third-order valence-corrected chi connectivity index (χ3v) is 3.28. The summed E-state index contributed by atoms with van der Waals surface area (Å²) in [6.45, 7) is 2.07. The van der Waals surface area contributed by atoms with Gasteiger partial charge in [0.05, 0.1) is 29.7 Å². The zero-order valence-electron chi connectivity index (χ0n) is 7.10. The Bertz CT molecular complexity index is 380. The fourth-order valence-electron chi connectivity index (χ4n) is 1.19. The monoisotopic (exact) mass is 211 g/mol. The first-order valence-electron chi connectivity index (χ1n) is 3.86. The highest BCUT2D eigenvalue weighted by Crippen LogP contribution is 2.24. The summed E-state index contributed by atoms with van der Waals surface area (Å²) in [6, 6.07) is 1.93. The predicted molar refractivity (Wildman–Crippen MR) is 55.0 cm³/mol. The molecule has 0 aliphatic heterocycles. The molecule has 0 aliphatic rings. The minimum absolute atomic E-state index is 0.120. The molecule has 0 radical (unpaired) electrons. The minimum atomic E-state index is -0.120. The van der Waals surface area contributed by atoms with E-state index in [4.69, 9.17) is 5.73 Å². The van der Waals surface area contributed by atoms with Gasteiger partial charge in [0.15, 0.2) is 0 Å². The van der Waals surface area contributed by atoms with Crippen molar-refractivity contribution in [2.45, 2.75) is 13.0 Å². The Morgan fingerprint density at radius 2 is 2.38 bits per heavy atom. The summed E-state index contributed by atoms with van der Waals surface area (Å²) in [5.41, 5.74) is 8.02. The number of aryl methyl sites for hydroxylation is 1. The highest BCUT2D eigenvalue weighted by atomic mass is 32.1. The van der Waals surface area contributed by atoms with Gasteiger partial charge in [0, 0.05) is 4.88 Å². The van der Waals surface area contributed by atoms with Crippen LogP contribution in [0.1, 0.15) is 22.2 Å². The Kier molecular flexibility index (Phi) is 2.39. The van der Waals surface area contributed by atoms with Crippen molar-refractivity contribution in [2.75, 3.05) is 0 Å². The zero-order valence-corrected chi connectivity index (χ0v) is 8.73. The number of hydrogen-bond donors (Lipinski definition) is 1. The van der Waals surface area contributed by atoms with Gasteiger partial charge in [-0.25, -0.2) is 0 Å². The Labute approximate surface area is 84.6 Å². The Balaban J connectivity index is 2.33. The summed E-state index contributed by atoms with van der Waals surface area (Å²) in [5.74, 6) is 0. The lowest BCUT2D eigenvalue weighted by molar-refractivity contribution is 0.842. The van der Waals surface area contributed by atoms with Gasteiger partial charge in [-0.2, -0.15) is 8.75 Å². The molecule has 2 aromatic rings. The maximum Gasteiger partial charge on any atom is 0.0955 e. The molecule has 0 saturated heterocycles. The number of thiophene rings is 1. The lowest BCUT2D eigenvalue weighted by atomic mass is 10.1. The molecule has 2 N–H and O–H groups in total. The van der Waals surface area contributed by atoms with Crippen LogP contribution in [-0.2, 0) is 0 Å². The van der Waals surface area contributed by atoms with Gasteiger partial charge in [-0.1, -0.05) is 0 Å². The minimum Gasteiger partial charge on any atom is -0.319 e. The summed E-state index contributed by atoms with van der Waals surface area (Å²) in [6.07, 6.45) is 1.73. The molecule has 0 bridgehead atoms. The Morgan fingerprint density at radius 3 is 2.92 bits per heavy atom. The van der Waals surface area contributed by atoms with Crippen LogP contribution in [0.2, 0.25) is 0 Å². The maximum atomic E-state index is 6.02. The van der Waals surface area contributed by atoms with E-state index in [1.54, 1.807) is 17.5 Å². The molecule has 0 spiro atoms. The summed E-state index contributed by atoms with van der Waals surface area (Å²) >= 11 is 2.90. The third kappa shape index (κ3) is 1.63. The van der Waals surface area contributed by atoms with E-state index >= 15 is 0 Å². The van der Waals surface area contributed by atoms with E-state index in [2.05, 4.69) is 15.7 Å². The van der Waals surface area contributed by atoms with Gasteiger partial charge in [0.1, 0.15) is 0 Å². The summed E-state index contributed by atoms with van der Waals surface area (Å²) in [5, 5.41) is 2.05. The molecular formula is C8H9N3S2. The van der Waals surface area contributed by atoms with E-state index in [0.717, 1.165) is 11.3 Å². The van der Waals surface area contributed by atoms with Crippen molar-refractivity contribution < 1.29 is 0 Å². The van der Waals surface area contributed by atoms with Crippen LogP contribution in [0.25, 0.3) is 0 Å². The molecule has 1 unspecified atom stereocenters. The van der Waals surface area contributed by atoms with Crippen molar-refractivity contribution in [2.24, 2.45) is 5.73 Å². The second-order valence-corrected chi connectivity index (χ2v) is 4.42. The number of nitrogens with zero attached hydrogens (tertiary/aromatic N) is 2. The average Bonchev–Trinajstić information content (AvgIpc) is 2.72. The van der Waals surface area contributed by atoms with Gasteiger partial charge >= 0.3 is 0 Å². The van der Waals surface area contributed by atoms with Gasteiger partial charge in [-0.15, -0.1) is 11.3 Å². The van der Waals surface area contributed by atoms with E-state index in [1.165, 1.54) is 16.6 Å². The van der Waals surface area contributed by atoms with Crippen LogP contribution in [0.15, 0.2) is 17.6 Å². The maximum absolute atomic E-state index is 6.02. The van der Waals surface area contributed by atoms with Crippen LogP contribution >= 0.6 is 23.1 Å². The van der Waals surface area contributed by atoms with Crippen LogP contribution in [0.4, 0.5) is 0 Å². The second kappa shape index (κ2) is 3.53. The van der Waals surface area contributed by atoms with Crippen LogP contribution in [-0.4, -0.2) is 8.75 Å². The molecule has 13 heavy (non-hydrogen) atoms. The summed E-state index contributed by atoms with van der Waals surface area (Å²) < 4.78 is 8.06. The lowest BCUT2D eigenvalue weighted by Gasteiger charge is -2.06. The van der Waals surface area contributed by atoms with Crippen LogP contribution in [0, 0.1) is 6.92 Å². The van der Waals surface area contributed by atoms with Crippen molar-refractivity contribution in [1.82, 2.24) is 8.75 Å².